The van der Waals surface area contributed by atoms with Crippen LogP contribution < -0.4 is 10.9 Å². The summed E-state index contributed by atoms with van der Waals surface area (Å²) in [5, 5.41) is 3.96. The van der Waals surface area contributed by atoms with Crippen molar-refractivity contribution < 1.29 is 9.53 Å². The summed E-state index contributed by atoms with van der Waals surface area (Å²) < 4.78 is 5.00. The Kier molecular flexibility index (Phi) is 5.34. The molecule has 2 aromatic heterocycles. The number of carbonyl (C=O) groups is 1. The summed E-state index contributed by atoms with van der Waals surface area (Å²) in [4.78, 5) is 35.5. The minimum atomic E-state index is -0.424. The first-order valence-electron chi connectivity index (χ1n) is 7.75. The lowest BCUT2D eigenvalue weighted by atomic mass is 10.1. The molecule has 0 fully saturated rings. The summed E-state index contributed by atoms with van der Waals surface area (Å²) >= 11 is 7.02. The zero-order valence-corrected chi connectivity index (χ0v) is 15.6. The van der Waals surface area contributed by atoms with Crippen molar-refractivity contribution in [2.75, 3.05) is 11.9 Å². The topological polar surface area (TPSA) is 97.0 Å². The molecule has 0 amide bonds. The lowest BCUT2D eigenvalue weighted by Gasteiger charge is -2.05. The standard InChI is InChI=1S/C17H15ClN4O3S/c1-3-25-15(24)14-9(2)19-17(26-14)22-16-20-12(8-13(23)21-16)10-4-6-11(18)7-5-10/h4-8H,3H2,1-2H3,(H2,19,20,21,22,23). The van der Waals surface area contributed by atoms with Crippen LogP contribution in [0.1, 0.15) is 22.3 Å². The molecule has 0 saturated carbocycles. The molecular weight excluding hydrogens is 376 g/mol. The highest BCUT2D eigenvalue weighted by molar-refractivity contribution is 7.17. The smallest absolute Gasteiger partial charge is 0.350 e. The van der Waals surface area contributed by atoms with Crippen molar-refractivity contribution in [2.24, 2.45) is 0 Å². The van der Waals surface area contributed by atoms with Crippen molar-refractivity contribution in [2.45, 2.75) is 13.8 Å². The molecule has 0 saturated heterocycles. The molecule has 1 aromatic carbocycles. The third-order valence-corrected chi connectivity index (χ3v) is 4.67. The van der Waals surface area contributed by atoms with Crippen molar-refractivity contribution in [1.82, 2.24) is 15.0 Å². The molecule has 2 N–H and O–H groups in total. The van der Waals surface area contributed by atoms with Gasteiger partial charge in [0.1, 0.15) is 4.88 Å². The number of anilines is 2. The zero-order chi connectivity index (χ0) is 18.7. The third-order valence-electron chi connectivity index (χ3n) is 3.36. The fraction of sp³-hybridized carbons (Fsp3) is 0.176. The number of H-pyrrole nitrogens is 1. The first-order valence-corrected chi connectivity index (χ1v) is 8.94. The molecule has 3 rings (SSSR count). The molecule has 2 heterocycles. The summed E-state index contributed by atoms with van der Waals surface area (Å²) in [6, 6.07) is 8.40. The van der Waals surface area contributed by atoms with Crippen LogP contribution in [0.5, 0.6) is 0 Å². The van der Waals surface area contributed by atoms with Gasteiger partial charge in [0.15, 0.2) is 5.13 Å². The summed E-state index contributed by atoms with van der Waals surface area (Å²) in [5.41, 5.74) is 1.48. The SMILES string of the molecule is CCOC(=O)c1sc(Nc2nc(-c3ccc(Cl)cc3)cc(=O)[nH]2)nc1C. The Morgan fingerprint density at radius 2 is 2.04 bits per heavy atom. The van der Waals surface area contributed by atoms with Crippen LogP contribution in [0, 0.1) is 6.92 Å². The van der Waals surface area contributed by atoms with Gasteiger partial charge in [0.05, 0.1) is 18.0 Å². The van der Waals surface area contributed by atoms with Gasteiger partial charge in [-0.05, 0) is 26.0 Å². The quantitative estimate of drug-likeness (QED) is 0.643. The number of thiazole rings is 1. The Morgan fingerprint density at radius 3 is 2.73 bits per heavy atom. The number of carbonyl (C=O) groups excluding carboxylic acids is 1. The van der Waals surface area contributed by atoms with E-state index < -0.39 is 5.97 Å². The van der Waals surface area contributed by atoms with Crippen LogP contribution in [0.4, 0.5) is 11.1 Å². The van der Waals surface area contributed by atoms with Gasteiger partial charge in [-0.25, -0.2) is 14.8 Å². The van der Waals surface area contributed by atoms with Gasteiger partial charge in [-0.15, -0.1) is 0 Å². The van der Waals surface area contributed by atoms with E-state index in [0.29, 0.717) is 26.4 Å². The van der Waals surface area contributed by atoms with E-state index in [1.54, 1.807) is 38.1 Å². The summed E-state index contributed by atoms with van der Waals surface area (Å²) in [5.74, 6) is -0.196. The highest BCUT2D eigenvalue weighted by atomic mass is 35.5. The lowest BCUT2D eigenvalue weighted by Crippen LogP contribution is -2.10. The van der Waals surface area contributed by atoms with Crippen molar-refractivity contribution in [3.05, 3.63) is 56.3 Å². The second-order valence-electron chi connectivity index (χ2n) is 5.27. The molecule has 0 radical (unpaired) electrons. The second kappa shape index (κ2) is 7.67. The van der Waals surface area contributed by atoms with Crippen molar-refractivity contribution in [3.8, 4) is 11.3 Å². The summed E-state index contributed by atoms with van der Waals surface area (Å²) in [7, 11) is 0. The Morgan fingerprint density at radius 1 is 1.31 bits per heavy atom. The normalized spacial score (nSPS) is 10.6. The maximum absolute atomic E-state index is 12.0. The molecule has 7 nitrogen and oxygen atoms in total. The first kappa shape index (κ1) is 18.1. The maximum Gasteiger partial charge on any atom is 0.350 e. The first-order chi connectivity index (χ1) is 12.5. The number of ether oxygens (including phenoxy) is 1. The fourth-order valence-electron chi connectivity index (χ4n) is 2.22. The van der Waals surface area contributed by atoms with E-state index in [-0.39, 0.29) is 18.1 Å². The van der Waals surface area contributed by atoms with E-state index in [0.717, 1.165) is 16.9 Å². The van der Waals surface area contributed by atoms with Gasteiger partial charge in [0, 0.05) is 16.7 Å². The molecule has 0 atom stereocenters. The van der Waals surface area contributed by atoms with E-state index in [1.807, 2.05) is 0 Å². The lowest BCUT2D eigenvalue weighted by molar-refractivity contribution is 0.0531. The average molecular weight is 391 g/mol. The molecule has 9 heteroatoms. The molecule has 26 heavy (non-hydrogen) atoms. The predicted octanol–water partition coefficient (Wildman–Crippen LogP) is 3.78. The number of benzene rings is 1. The third kappa shape index (κ3) is 4.09. The van der Waals surface area contributed by atoms with Crippen LogP contribution >= 0.6 is 22.9 Å². The number of aryl methyl sites for hydroxylation is 1. The highest BCUT2D eigenvalue weighted by Gasteiger charge is 2.17. The number of rotatable bonds is 5. The Balaban J connectivity index is 1.89. The van der Waals surface area contributed by atoms with Crippen LogP contribution in [0.3, 0.4) is 0 Å². The Hall–Kier alpha value is -2.71. The molecule has 0 bridgehead atoms. The molecule has 0 aliphatic rings. The van der Waals surface area contributed by atoms with Crippen LogP contribution in [-0.4, -0.2) is 27.5 Å². The number of aromatic amines is 1. The Bertz CT molecular complexity index is 998. The average Bonchev–Trinajstić information content (AvgIpc) is 2.95. The van der Waals surface area contributed by atoms with Gasteiger partial charge in [0.25, 0.3) is 5.56 Å². The molecular formula is C17H15ClN4O3S. The molecule has 0 aliphatic carbocycles. The molecule has 3 aromatic rings. The van der Waals surface area contributed by atoms with E-state index in [2.05, 4.69) is 20.3 Å². The molecule has 0 unspecified atom stereocenters. The van der Waals surface area contributed by atoms with Gasteiger partial charge >= 0.3 is 5.97 Å². The van der Waals surface area contributed by atoms with Gasteiger partial charge < -0.3 is 10.1 Å². The van der Waals surface area contributed by atoms with E-state index >= 15 is 0 Å². The van der Waals surface area contributed by atoms with Crippen LogP contribution in [0.2, 0.25) is 5.02 Å². The van der Waals surface area contributed by atoms with E-state index in [4.69, 9.17) is 16.3 Å². The van der Waals surface area contributed by atoms with Gasteiger partial charge in [0.2, 0.25) is 5.95 Å². The number of halogens is 1. The van der Waals surface area contributed by atoms with Crippen molar-refractivity contribution in [3.63, 3.8) is 0 Å². The van der Waals surface area contributed by atoms with E-state index in [1.165, 1.54) is 6.07 Å². The Labute approximate surface area is 158 Å². The van der Waals surface area contributed by atoms with Crippen molar-refractivity contribution in [1.29, 1.82) is 0 Å². The van der Waals surface area contributed by atoms with Crippen LogP contribution in [0.25, 0.3) is 11.3 Å². The summed E-state index contributed by atoms with van der Waals surface area (Å²) in [6.45, 7) is 3.75. The van der Waals surface area contributed by atoms with Crippen LogP contribution in [0.15, 0.2) is 35.1 Å². The number of hydrogen-bond donors (Lipinski definition) is 2. The molecule has 0 aliphatic heterocycles. The number of nitrogens with one attached hydrogen (secondary N) is 2. The van der Waals surface area contributed by atoms with Gasteiger partial charge in [-0.2, -0.15) is 0 Å². The molecule has 0 spiro atoms. The van der Waals surface area contributed by atoms with Gasteiger partial charge in [-0.3, -0.25) is 9.78 Å². The highest BCUT2D eigenvalue weighted by Crippen LogP contribution is 2.26. The number of hydrogen-bond acceptors (Lipinski definition) is 7. The minimum absolute atomic E-state index is 0.228. The largest absolute Gasteiger partial charge is 0.462 e. The van der Waals surface area contributed by atoms with Crippen LogP contribution in [-0.2, 0) is 4.74 Å². The molecule has 134 valence electrons. The number of esters is 1. The maximum atomic E-state index is 12.0. The number of aromatic nitrogens is 3. The zero-order valence-electron chi connectivity index (χ0n) is 14.0. The predicted molar refractivity (Wildman–Crippen MR) is 101 cm³/mol. The monoisotopic (exact) mass is 390 g/mol. The van der Waals surface area contributed by atoms with Crippen molar-refractivity contribution >= 4 is 40.0 Å². The minimum Gasteiger partial charge on any atom is -0.462 e. The summed E-state index contributed by atoms with van der Waals surface area (Å²) in [6.07, 6.45) is 0. The van der Waals surface area contributed by atoms with E-state index in [9.17, 15) is 9.59 Å². The van der Waals surface area contributed by atoms with Gasteiger partial charge in [-0.1, -0.05) is 35.1 Å². The number of nitrogens with zero attached hydrogens (tertiary/aromatic N) is 2. The fourth-order valence-corrected chi connectivity index (χ4v) is 3.21. The second-order valence-corrected chi connectivity index (χ2v) is 6.70.